The first-order valence-electron chi connectivity index (χ1n) is 4.86. The molecule has 0 fully saturated rings. The molecule has 5 nitrogen and oxygen atoms in total. The number of nitrogens with one attached hydrogen (secondary N) is 1. The van der Waals surface area contributed by atoms with Gasteiger partial charge in [0, 0.05) is 13.1 Å². The largest absolute Gasteiger partial charge is 0.461 e. The van der Waals surface area contributed by atoms with Crippen LogP contribution in [-0.4, -0.2) is 28.7 Å². The number of imidazole rings is 1. The molecule has 1 aromatic heterocycles. The number of esters is 1. The van der Waals surface area contributed by atoms with E-state index in [1.807, 2.05) is 4.57 Å². The quantitative estimate of drug-likeness (QED) is 0.818. The normalized spacial score (nSPS) is 13.9. The minimum absolute atomic E-state index is 0. The molecule has 0 unspecified atom stereocenters. The molecule has 1 aliphatic rings. The fourth-order valence-electron chi connectivity index (χ4n) is 1.56. The molecule has 1 N–H and O–H groups in total. The van der Waals surface area contributed by atoms with Crippen LogP contribution in [0.5, 0.6) is 0 Å². The van der Waals surface area contributed by atoms with Crippen LogP contribution in [0, 0.1) is 0 Å². The Morgan fingerprint density at radius 3 is 3.06 bits per heavy atom. The fourth-order valence-corrected chi connectivity index (χ4v) is 1.86. The lowest BCUT2D eigenvalue weighted by Crippen LogP contribution is -2.28. The predicted molar refractivity (Wildman–Crippen MR) is 62.1 cm³/mol. The van der Waals surface area contributed by atoms with Gasteiger partial charge in [0.1, 0.15) is 11.0 Å². The van der Waals surface area contributed by atoms with Gasteiger partial charge >= 0.3 is 5.97 Å². The summed E-state index contributed by atoms with van der Waals surface area (Å²) in [6.07, 6.45) is 0. The van der Waals surface area contributed by atoms with Gasteiger partial charge in [-0.1, -0.05) is 11.6 Å². The minimum atomic E-state index is -0.454. The van der Waals surface area contributed by atoms with Crippen molar-refractivity contribution in [1.29, 1.82) is 0 Å². The maximum atomic E-state index is 11.5. The summed E-state index contributed by atoms with van der Waals surface area (Å²) in [5.41, 5.74) is 0.220. The Hall–Kier alpha value is -0.780. The van der Waals surface area contributed by atoms with Crippen LogP contribution in [0.4, 0.5) is 0 Å². The van der Waals surface area contributed by atoms with Crippen LogP contribution in [0.2, 0.25) is 5.15 Å². The molecule has 2 heterocycles. The lowest BCUT2D eigenvalue weighted by atomic mass is 10.4. The van der Waals surface area contributed by atoms with Crippen LogP contribution in [0.25, 0.3) is 0 Å². The van der Waals surface area contributed by atoms with E-state index in [0.29, 0.717) is 18.3 Å². The van der Waals surface area contributed by atoms with Crippen molar-refractivity contribution in [2.24, 2.45) is 0 Å². The van der Waals surface area contributed by atoms with Crippen LogP contribution >= 0.6 is 24.0 Å². The van der Waals surface area contributed by atoms with Gasteiger partial charge < -0.3 is 14.6 Å². The summed E-state index contributed by atoms with van der Waals surface area (Å²) < 4.78 is 6.70. The molecule has 2 rings (SSSR count). The number of rotatable bonds is 2. The second-order valence-electron chi connectivity index (χ2n) is 3.22. The van der Waals surface area contributed by atoms with Crippen LogP contribution in [-0.2, 0) is 17.8 Å². The molecular formula is C9H13Cl2N3O2. The van der Waals surface area contributed by atoms with Crippen LogP contribution in [0.3, 0.4) is 0 Å². The summed E-state index contributed by atoms with van der Waals surface area (Å²) >= 11 is 6.04. The molecule has 90 valence electrons. The number of carbonyl (C=O) groups is 1. The number of hydrogen-bond donors (Lipinski definition) is 1. The number of hydrogen-bond acceptors (Lipinski definition) is 4. The summed E-state index contributed by atoms with van der Waals surface area (Å²) in [5.74, 6) is 0.332. The highest BCUT2D eigenvalue weighted by atomic mass is 35.5. The van der Waals surface area contributed by atoms with E-state index in [4.69, 9.17) is 16.3 Å². The maximum Gasteiger partial charge on any atom is 0.360 e. The van der Waals surface area contributed by atoms with Crippen LogP contribution in [0.1, 0.15) is 23.2 Å². The average Bonchev–Trinajstić information content (AvgIpc) is 2.57. The second-order valence-corrected chi connectivity index (χ2v) is 3.57. The van der Waals surface area contributed by atoms with Crippen molar-refractivity contribution < 1.29 is 9.53 Å². The van der Waals surface area contributed by atoms with Crippen molar-refractivity contribution >= 4 is 30.0 Å². The van der Waals surface area contributed by atoms with Crippen molar-refractivity contribution in [3.8, 4) is 0 Å². The fraction of sp³-hybridized carbons (Fsp3) is 0.556. The second kappa shape index (κ2) is 5.52. The van der Waals surface area contributed by atoms with Gasteiger partial charge in [0.25, 0.3) is 0 Å². The molecule has 0 radical (unpaired) electrons. The van der Waals surface area contributed by atoms with Crippen LogP contribution < -0.4 is 5.32 Å². The van der Waals surface area contributed by atoms with E-state index in [0.717, 1.165) is 18.9 Å². The Balaban J connectivity index is 0.00000128. The van der Waals surface area contributed by atoms with E-state index in [2.05, 4.69) is 10.3 Å². The van der Waals surface area contributed by atoms with Gasteiger partial charge in [0.2, 0.25) is 0 Å². The molecule has 0 saturated carbocycles. The summed E-state index contributed by atoms with van der Waals surface area (Å²) in [7, 11) is 0. The van der Waals surface area contributed by atoms with E-state index < -0.39 is 5.97 Å². The molecular weight excluding hydrogens is 253 g/mol. The first-order chi connectivity index (χ1) is 7.24. The zero-order valence-corrected chi connectivity index (χ0v) is 10.4. The third-order valence-corrected chi connectivity index (χ3v) is 2.63. The topological polar surface area (TPSA) is 56.1 Å². The summed E-state index contributed by atoms with van der Waals surface area (Å²) in [6, 6.07) is 0. The molecule has 0 atom stereocenters. The molecule has 0 aromatic carbocycles. The monoisotopic (exact) mass is 265 g/mol. The molecule has 0 saturated heterocycles. The summed E-state index contributed by atoms with van der Waals surface area (Å²) in [4.78, 5) is 15.6. The molecule has 7 heteroatoms. The molecule has 0 amide bonds. The third-order valence-electron chi connectivity index (χ3n) is 2.25. The van der Waals surface area contributed by atoms with Crippen LogP contribution in [0.15, 0.2) is 0 Å². The lowest BCUT2D eigenvalue weighted by molar-refractivity contribution is 0.0520. The highest BCUT2D eigenvalue weighted by molar-refractivity contribution is 6.32. The maximum absolute atomic E-state index is 11.5. The number of halogens is 2. The van der Waals surface area contributed by atoms with E-state index in [-0.39, 0.29) is 18.1 Å². The van der Waals surface area contributed by atoms with E-state index in [1.54, 1.807) is 6.92 Å². The zero-order chi connectivity index (χ0) is 10.8. The Kier molecular flexibility index (Phi) is 4.58. The molecule has 1 aliphatic heterocycles. The highest BCUT2D eigenvalue weighted by Crippen LogP contribution is 2.20. The lowest BCUT2D eigenvalue weighted by Gasteiger charge is -2.14. The van der Waals surface area contributed by atoms with Gasteiger partial charge in [0.05, 0.1) is 13.2 Å². The van der Waals surface area contributed by atoms with E-state index in [1.165, 1.54) is 0 Å². The van der Waals surface area contributed by atoms with Gasteiger partial charge in [0.15, 0.2) is 5.69 Å². The Labute approximate surface area is 105 Å². The smallest absolute Gasteiger partial charge is 0.360 e. The first-order valence-corrected chi connectivity index (χ1v) is 5.24. The number of fused-ring (bicyclic) bond motifs is 1. The van der Waals surface area contributed by atoms with Gasteiger partial charge in [-0.3, -0.25) is 0 Å². The molecule has 16 heavy (non-hydrogen) atoms. The average molecular weight is 266 g/mol. The first kappa shape index (κ1) is 13.3. The number of aromatic nitrogens is 2. The molecule has 0 spiro atoms. The van der Waals surface area contributed by atoms with Crippen molar-refractivity contribution in [1.82, 2.24) is 14.9 Å². The van der Waals surface area contributed by atoms with E-state index in [9.17, 15) is 4.79 Å². The minimum Gasteiger partial charge on any atom is -0.461 e. The van der Waals surface area contributed by atoms with Crippen molar-refractivity contribution in [3.63, 3.8) is 0 Å². The number of nitrogens with zero attached hydrogens (tertiary/aromatic N) is 2. The van der Waals surface area contributed by atoms with Crippen molar-refractivity contribution in [2.45, 2.75) is 20.0 Å². The van der Waals surface area contributed by atoms with Gasteiger partial charge in [-0.25, -0.2) is 9.78 Å². The third kappa shape index (κ3) is 2.31. The standard InChI is InChI=1S/C9H12ClN3O2.ClH/c1-2-15-9(14)7-8(10)13-4-3-11-5-6(13)12-7;/h11H,2-5H2,1H3;1H. The van der Waals surface area contributed by atoms with E-state index >= 15 is 0 Å². The Morgan fingerprint density at radius 2 is 2.44 bits per heavy atom. The SMILES string of the molecule is CCOC(=O)c1nc2n(c1Cl)CCNC2.Cl. The van der Waals surface area contributed by atoms with Crippen molar-refractivity contribution in [2.75, 3.05) is 13.2 Å². The number of carbonyl (C=O) groups excluding carboxylic acids is 1. The Bertz CT molecular complexity index is 392. The summed E-state index contributed by atoms with van der Waals surface area (Å²) in [5, 5.41) is 3.54. The molecule has 0 bridgehead atoms. The van der Waals surface area contributed by atoms with Crippen molar-refractivity contribution in [3.05, 3.63) is 16.7 Å². The number of ether oxygens (including phenoxy) is 1. The molecule has 1 aromatic rings. The zero-order valence-electron chi connectivity index (χ0n) is 8.83. The predicted octanol–water partition coefficient (Wildman–Crippen LogP) is 1.24. The summed E-state index contributed by atoms with van der Waals surface area (Å²) in [6.45, 7) is 4.30. The Morgan fingerprint density at radius 1 is 1.69 bits per heavy atom. The molecule has 0 aliphatic carbocycles. The van der Waals surface area contributed by atoms with Gasteiger partial charge in [-0.2, -0.15) is 0 Å². The van der Waals surface area contributed by atoms with Gasteiger partial charge in [-0.05, 0) is 6.92 Å². The van der Waals surface area contributed by atoms with Gasteiger partial charge in [-0.15, -0.1) is 12.4 Å². The highest BCUT2D eigenvalue weighted by Gasteiger charge is 2.23.